The average Bonchev–Trinajstić information content (AvgIpc) is 3.01. The highest BCUT2D eigenvalue weighted by atomic mass is 35.5. The first-order valence-corrected chi connectivity index (χ1v) is 9.05. The van der Waals surface area contributed by atoms with Gasteiger partial charge in [-0.3, -0.25) is 4.79 Å². The van der Waals surface area contributed by atoms with Gasteiger partial charge in [-0.1, -0.05) is 35.3 Å². The molecule has 2 aromatic carbocycles. The zero-order valence-electron chi connectivity index (χ0n) is 13.3. The van der Waals surface area contributed by atoms with Crippen LogP contribution in [0.5, 0.6) is 5.75 Å². The van der Waals surface area contributed by atoms with Crippen LogP contribution in [0.25, 0.3) is 11.3 Å². The molecule has 3 rings (SSSR count). The van der Waals surface area contributed by atoms with Crippen LogP contribution >= 0.6 is 34.5 Å². The van der Waals surface area contributed by atoms with E-state index in [1.807, 2.05) is 36.6 Å². The molecule has 7 heteroatoms. The van der Waals surface area contributed by atoms with E-state index in [0.29, 0.717) is 21.5 Å². The molecule has 0 aliphatic heterocycles. The Morgan fingerprint density at radius 2 is 2.08 bits per heavy atom. The van der Waals surface area contributed by atoms with Crippen molar-refractivity contribution in [3.63, 3.8) is 0 Å². The number of ether oxygens (including phenoxy) is 1. The van der Waals surface area contributed by atoms with E-state index in [1.54, 1.807) is 29.5 Å². The summed E-state index contributed by atoms with van der Waals surface area (Å²) < 4.78 is 5.43. The van der Waals surface area contributed by atoms with Gasteiger partial charge in [0, 0.05) is 21.7 Å². The number of aromatic nitrogens is 1. The van der Waals surface area contributed by atoms with Crippen LogP contribution in [0.3, 0.4) is 0 Å². The fourth-order valence-electron chi connectivity index (χ4n) is 2.18. The Kier molecular flexibility index (Phi) is 5.58. The van der Waals surface area contributed by atoms with Gasteiger partial charge in [0.05, 0.1) is 15.7 Å². The zero-order valence-corrected chi connectivity index (χ0v) is 15.6. The molecule has 0 saturated heterocycles. The van der Waals surface area contributed by atoms with Gasteiger partial charge >= 0.3 is 0 Å². The van der Waals surface area contributed by atoms with E-state index in [9.17, 15) is 4.79 Å². The molecule has 0 atom stereocenters. The summed E-state index contributed by atoms with van der Waals surface area (Å²) in [5.41, 5.74) is 2.52. The summed E-state index contributed by atoms with van der Waals surface area (Å²) in [4.78, 5) is 16.5. The van der Waals surface area contributed by atoms with E-state index in [1.165, 1.54) is 0 Å². The molecule has 0 spiro atoms. The van der Waals surface area contributed by atoms with E-state index >= 15 is 0 Å². The highest BCUT2D eigenvalue weighted by molar-refractivity contribution is 7.09. The smallest absolute Gasteiger partial charge is 0.262 e. The van der Waals surface area contributed by atoms with Crippen LogP contribution in [0.2, 0.25) is 10.0 Å². The lowest BCUT2D eigenvalue weighted by molar-refractivity contribution is -0.118. The molecule has 1 N–H and O–H groups in total. The number of carbonyl (C=O) groups is 1. The van der Waals surface area contributed by atoms with Crippen LogP contribution in [0.4, 0.5) is 5.69 Å². The van der Waals surface area contributed by atoms with Gasteiger partial charge in [0.25, 0.3) is 5.91 Å². The van der Waals surface area contributed by atoms with Gasteiger partial charge in [0.1, 0.15) is 5.75 Å². The number of aryl methyl sites for hydroxylation is 1. The SMILES string of the molecule is Cc1nc(-c2cccc(NC(=O)COc3ccc(Cl)cc3Cl)c2)cs1. The van der Waals surface area contributed by atoms with Crippen LogP contribution < -0.4 is 10.1 Å². The molecule has 0 radical (unpaired) electrons. The molecule has 0 saturated carbocycles. The lowest BCUT2D eigenvalue weighted by atomic mass is 10.1. The van der Waals surface area contributed by atoms with Crippen molar-refractivity contribution in [2.24, 2.45) is 0 Å². The summed E-state index contributed by atoms with van der Waals surface area (Å²) in [5.74, 6) is 0.130. The number of anilines is 1. The topological polar surface area (TPSA) is 51.2 Å². The zero-order chi connectivity index (χ0) is 17.8. The number of carbonyl (C=O) groups excluding carboxylic acids is 1. The standard InChI is InChI=1S/C18H14Cl2N2O2S/c1-11-21-16(10-25-11)12-3-2-4-14(7-12)22-18(23)9-24-17-6-5-13(19)8-15(17)20/h2-8,10H,9H2,1H3,(H,22,23). The molecule has 1 heterocycles. The number of hydrogen-bond donors (Lipinski definition) is 1. The van der Waals surface area contributed by atoms with Crippen LogP contribution in [0, 0.1) is 6.92 Å². The molecule has 4 nitrogen and oxygen atoms in total. The molecule has 128 valence electrons. The maximum atomic E-state index is 12.1. The molecule has 1 aromatic heterocycles. The predicted molar refractivity (Wildman–Crippen MR) is 103 cm³/mol. The third-order valence-electron chi connectivity index (χ3n) is 3.31. The number of amides is 1. The Balaban J connectivity index is 1.63. The van der Waals surface area contributed by atoms with Crippen molar-refractivity contribution in [2.75, 3.05) is 11.9 Å². The second-order valence-corrected chi connectivity index (χ2v) is 7.15. The predicted octanol–water partition coefficient (Wildman–Crippen LogP) is 5.44. The second kappa shape index (κ2) is 7.87. The summed E-state index contributed by atoms with van der Waals surface area (Å²) in [5, 5.41) is 6.66. The van der Waals surface area contributed by atoms with Gasteiger partial charge in [-0.15, -0.1) is 11.3 Å². The molecule has 0 aliphatic carbocycles. The number of benzene rings is 2. The average molecular weight is 393 g/mol. The second-order valence-electron chi connectivity index (χ2n) is 5.24. The first-order valence-electron chi connectivity index (χ1n) is 7.41. The van der Waals surface area contributed by atoms with Crippen molar-refractivity contribution in [1.82, 2.24) is 4.98 Å². The van der Waals surface area contributed by atoms with Gasteiger partial charge in [-0.2, -0.15) is 0 Å². The summed E-state index contributed by atoms with van der Waals surface area (Å²) in [6.45, 7) is 1.81. The van der Waals surface area contributed by atoms with E-state index < -0.39 is 0 Å². The highest BCUT2D eigenvalue weighted by Crippen LogP contribution is 2.27. The van der Waals surface area contributed by atoms with E-state index in [0.717, 1.165) is 16.3 Å². The fourth-order valence-corrected chi connectivity index (χ4v) is 3.27. The Morgan fingerprint density at radius 1 is 1.24 bits per heavy atom. The molecular formula is C18H14Cl2N2O2S. The number of hydrogen-bond acceptors (Lipinski definition) is 4. The van der Waals surface area contributed by atoms with Gasteiger partial charge < -0.3 is 10.1 Å². The van der Waals surface area contributed by atoms with Crippen LogP contribution in [-0.4, -0.2) is 17.5 Å². The van der Waals surface area contributed by atoms with Crippen molar-refractivity contribution < 1.29 is 9.53 Å². The minimum absolute atomic E-state index is 0.151. The lowest BCUT2D eigenvalue weighted by Crippen LogP contribution is -2.20. The molecule has 1 amide bonds. The van der Waals surface area contributed by atoms with Crippen molar-refractivity contribution in [3.8, 4) is 17.0 Å². The van der Waals surface area contributed by atoms with Gasteiger partial charge in [-0.05, 0) is 37.3 Å². The Bertz CT molecular complexity index is 912. The third-order valence-corrected chi connectivity index (χ3v) is 4.62. The number of halogens is 2. The normalized spacial score (nSPS) is 10.5. The molecule has 25 heavy (non-hydrogen) atoms. The minimum Gasteiger partial charge on any atom is -0.482 e. The maximum Gasteiger partial charge on any atom is 0.262 e. The van der Waals surface area contributed by atoms with E-state index in [4.69, 9.17) is 27.9 Å². The number of nitrogens with zero attached hydrogens (tertiary/aromatic N) is 1. The summed E-state index contributed by atoms with van der Waals surface area (Å²) >= 11 is 13.4. The van der Waals surface area contributed by atoms with E-state index in [-0.39, 0.29) is 12.5 Å². The monoisotopic (exact) mass is 392 g/mol. The molecule has 0 fully saturated rings. The summed E-state index contributed by atoms with van der Waals surface area (Å²) in [7, 11) is 0. The molecular weight excluding hydrogens is 379 g/mol. The van der Waals surface area contributed by atoms with Crippen molar-refractivity contribution >= 4 is 46.1 Å². The highest BCUT2D eigenvalue weighted by Gasteiger charge is 2.08. The van der Waals surface area contributed by atoms with Crippen molar-refractivity contribution in [1.29, 1.82) is 0 Å². The molecule has 0 unspecified atom stereocenters. The Morgan fingerprint density at radius 3 is 2.80 bits per heavy atom. The van der Waals surface area contributed by atoms with Crippen molar-refractivity contribution in [3.05, 3.63) is 62.9 Å². The Hall–Kier alpha value is -2.08. The number of rotatable bonds is 5. The molecule has 3 aromatic rings. The lowest BCUT2D eigenvalue weighted by Gasteiger charge is -2.09. The van der Waals surface area contributed by atoms with Gasteiger partial charge in [0.15, 0.2) is 6.61 Å². The molecule has 0 bridgehead atoms. The maximum absolute atomic E-state index is 12.1. The summed E-state index contributed by atoms with van der Waals surface area (Å²) in [6, 6.07) is 12.4. The largest absolute Gasteiger partial charge is 0.482 e. The Labute approximate surface area is 159 Å². The fraction of sp³-hybridized carbons (Fsp3) is 0.111. The van der Waals surface area contributed by atoms with Crippen LogP contribution in [0.15, 0.2) is 47.8 Å². The molecule has 0 aliphatic rings. The summed E-state index contributed by atoms with van der Waals surface area (Å²) in [6.07, 6.45) is 0. The first-order chi connectivity index (χ1) is 12.0. The van der Waals surface area contributed by atoms with Crippen LogP contribution in [0.1, 0.15) is 5.01 Å². The number of thiazole rings is 1. The number of nitrogens with one attached hydrogen (secondary N) is 1. The van der Waals surface area contributed by atoms with Crippen LogP contribution in [-0.2, 0) is 4.79 Å². The van der Waals surface area contributed by atoms with E-state index in [2.05, 4.69) is 10.3 Å². The third kappa shape index (κ3) is 4.72. The minimum atomic E-state index is -0.280. The van der Waals surface area contributed by atoms with Crippen molar-refractivity contribution in [2.45, 2.75) is 6.92 Å². The quantitative estimate of drug-likeness (QED) is 0.628. The first kappa shape index (κ1) is 17.7. The van der Waals surface area contributed by atoms with Gasteiger partial charge in [0.2, 0.25) is 0 Å². The van der Waals surface area contributed by atoms with Gasteiger partial charge in [-0.25, -0.2) is 4.98 Å².